The van der Waals surface area contributed by atoms with Crippen LogP contribution >= 0.6 is 0 Å². The summed E-state index contributed by atoms with van der Waals surface area (Å²) in [4.78, 5) is 39.0. The van der Waals surface area contributed by atoms with Crippen LogP contribution in [0.5, 0.6) is 0 Å². The highest BCUT2D eigenvalue weighted by Crippen LogP contribution is 2.25. The van der Waals surface area contributed by atoms with Gasteiger partial charge in [0.2, 0.25) is 0 Å². The first-order chi connectivity index (χ1) is 17.0. The van der Waals surface area contributed by atoms with Gasteiger partial charge in [-0.25, -0.2) is 4.98 Å². The number of aromatic nitrogens is 1. The Bertz CT molecular complexity index is 993. The molecule has 0 spiro atoms. The molecule has 0 bridgehead atoms. The van der Waals surface area contributed by atoms with Gasteiger partial charge in [-0.1, -0.05) is 6.92 Å². The minimum atomic E-state index is 0.0124. The van der Waals surface area contributed by atoms with Crippen molar-refractivity contribution in [3.8, 4) is 0 Å². The Labute approximate surface area is 208 Å². The van der Waals surface area contributed by atoms with Crippen molar-refractivity contribution in [2.75, 3.05) is 69.1 Å². The number of benzene rings is 1. The maximum atomic E-state index is 13.1. The summed E-state index contributed by atoms with van der Waals surface area (Å²) in [5, 5.41) is 3.46. The van der Waals surface area contributed by atoms with Crippen molar-refractivity contribution >= 4 is 23.3 Å². The van der Waals surface area contributed by atoms with Crippen LogP contribution in [0.3, 0.4) is 0 Å². The van der Waals surface area contributed by atoms with Crippen molar-refractivity contribution in [2.45, 2.75) is 33.2 Å². The summed E-state index contributed by atoms with van der Waals surface area (Å²) in [6.45, 7) is 13.6. The van der Waals surface area contributed by atoms with E-state index >= 15 is 0 Å². The van der Waals surface area contributed by atoms with Crippen LogP contribution in [0.1, 0.15) is 47.9 Å². The minimum absolute atomic E-state index is 0.0124. The lowest BCUT2D eigenvalue weighted by Gasteiger charge is -2.36. The van der Waals surface area contributed by atoms with Crippen LogP contribution in [0.2, 0.25) is 0 Å². The Morgan fingerprint density at radius 1 is 0.857 bits per heavy atom. The van der Waals surface area contributed by atoms with E-state index in [1.807, 2.05) is 28.1 Å². The first-order valence-corrected chi connectivity index (χ1v) is 12.8. The molecule has 2 aliphatic rings. The van der Waals surface area contributed by atoms with Gasteiger partial charge in [-0.05, 0) is 63.2 Å². The molecule has 1 aromatic carbocycles. The van der Waals surface area contributed by atoms with Gasteiger partial charge in [-0.3, -0.25) is 14.5 Å². The van der Waals surface area contributed by atoms with Gasteiger partial charge in [0.1, 0.15) is 0 Å². The average molecular weight is 479 g/mol. The number of amides is 2. The van der Waals surface area contributed by atoms with Crippen LogP contribution in [0.4, 0.5) is 11.5 Å². The van der Waals surface area contributed by atoms with Crippen molar-refractivity contribution < 1.29 is 9.59 Å². The molecule has 35 heavy (non-hydrogen) atoms. The van der Waals surface area contributed by atoms with Crippen LogP contribution in [0, 0.1) is 0 Å². The average Bonchev–Trinajstić information content (AvgIpc) is 2.89. The number of anilines is 2. The molecule has 0 unspecified atom stereocenters. The summed E-state index contributed by atoms with van der Waals surface area (Å²) >= 11 is 0. The lowest BCUT2D eigenvalue weighted by atomic mass is 10.1. The third kappa shape index (κ3) is 6.11. The number of rotatable bonds is 7. The van der Waals surface area contributed by atoms with Crippen molar-refractivity contribution in [3.63, 3.8) is 0 Å². The maximum Gasteiger partial charge on any atom is 0.253 e. The quantitative estimate of drug-likeness (QED) is 0.660. The van der Waals surface area contributed by atoms with Gasteiger partial charge >= 0.3 is 0 Å². The molecule has 2 aliphatic heterocycles. The zero-order valence-electron chi connectivity index (χ0n) is 21.2. The fourth-order valence-electron chi connectivity index (χ4n) is 4.81. The predicted molar refractivity (Wildman–Crippen MR) is 140 cm³/mol. The predicted octanol–water partition coefficient (Wildman–Crippen LogP) is 3.03. The Morgan fingerprint density at radius 3 is 1.91 bits per heavy atom. The highest BCUT2D eigenvalue weighted by atomic mass is 16.2. The van der Waals surface area contributed by atoms with Crippen molar-refractivity contribution in [3.05, 3.63) is 53.7 Å². The SMILES string of the molecule is CCCN1CCN(C(=O)c2ccc(C(=O)N3CCN(c4ncccc4NC(C)C)CC3)cc2)CC1. The zero-order chi connectivity index (χ0) is 24.8. The van der Waals surface area contributed by atoms with E-state index in [1.165, 1.54) is 0 Å². The fraction of sp³-hybridized carbons (Fsp3) is 0.519. The second-order valence-electron chi connectivity index (χ2n) is 9.66. The monoisotopic (exact) mass is 478 g/mol. The van der Waals surface area contributed by atoms with Crippen molar-refractivity contribution in [1.82, 2.24) is 19.7 Å². The number of carbonyl (C=O) groups excluding carboxylic acids is 2. The second-order valence-corrected chi connectivity index (χ2v) is 9.66. The van der Waals surface area contributed by atoms with E-state index in [1.54, 1.807) is 24.3 Å². The van der Waals surface area contributed by atoms with E-state index in [0.29, 0.717) is 30.3 Å². The molecule has 2 aromatic rings. The van der Waals surface area contributed by atoms with Gasteiger partial charge in [0, 0.05) is 75.7 Å². The third-order valence-electron chi connectivity index (χ3n) is 6.68. The molecule has 0 aliphatic carbocycles. The van der Waals surface area contributed by atoms with E-state index < -0.39 is 0 Å². The number of carbonyl (C=O) groups is 2. The molecule has 0 atom stereocenters. The Hall–Kier alpha value is -3.13. The van der Waals surface area contributed by atoms with Crippen LogP contribution in [0.15, 0.2) is 42.6 Å². The molecule has 8 heteroatoms. The molecule has 188 valence electrons. The number of nitrogens with one attached hydrogen (secondary N) is 1. The molecule has 2 fully saturated rings. The number of piperazine rings is 2. The highest BCUT2D eigenvalue weighted by Gasteiger charge is 2.25. The molecule has 4 rings (SSSR count). The van der Waals surface area contributed by atoms with Gasteiger partial charge in [0.15, 0.2) is 5.82 Å². The molecule has 3 heterocycles. The molecule has 2 amide bonds. The molecule has 1 aromatic heterocycles. The lowest BCUT2D eigenvalue weighted by Crippen LogP contribution is -2.49. The summed E-state index contributed by atoms with van der Waals surface area (Å²) in [6, 6.07) is 11.5. The molecule has 0 saturated carbocycles. The number of hydrogen-bond donors (Lipinski definition) is 1. The molecule has 0 radical (unpaired) electrons. The summed E-state index contributed by atoms with van der Waals surface area (Å²) in [5.41, 5.74) is 2.30. The third-order valence-corrected chi connectivity index (χ3v) is 6.68. The lowest BCUT2D eigenvalue weighted by molar-refractivity contribution is 0.0636. The first kappa shape index (κ1) is 25.0. The number of pyridine rings is 1. The normalized spacial score (nSPS) is 17.1. The fourth-order valence-corrected chi connectivity index (χ4v) is 4.81. The molecule has 2 saturated heterocycles. The van der Waals surface area contributed by atoms with Crippen LogP contribution in [-0.2, 0) is 0 Å². The first-order valence-electron chi connectivity index (χ1n) is 12.8. The van der Waals surface area contributed by atoms with E-state index in [-0.39, 0.29) is 11.8 Å². The van der Waals surface area contributed by atoms with Gasteiger partial charge in [0.05, 0.1) is 5.69 Å². The van der Waals surface area contributed by atoms with Crippen LogP contribution in [0.25, 0.3) is 0 Å². The van der Waals surface area contributed by atoms with Crippen LogP contribution < -0.4 is 10.2 Å². The van der Waals surface area contributed by atoms with Crippen molar-refractivity contribution in [1.29, 1.82) is 0 Å². The molecular weight excluding hydrogens is 440 g/mol. The van der Waals surface area contributed by atoms with E-state index in [2.05, 4.69) is 40.9 Å². The summed E-state index contributed by atoms with van der Waals surface area (Å²) in [6.07, 6.45) is 2.95. The summed E-state index contributed by atoms with van der Waals surface area (Å²) in [7, 11) is 0. The smallest absolute Gasteiger partial charge is 0.253 e. The second kappa shape index (κ2) is 11.5. The van der Waals surface area contributed by atoms with Crippen LogP contribution in [-0.4, -0.2) is 96.4 Å². The maximum absolute atomic E-state index is 13.1. The van der Waals surface area contributed by atoms with E-state index in [0.717, 1.165) is 63.7 Å². The number of nitrogens with zero attached hydrogens (tertiary/aromatic N) is 5. The van der Waals surface area contributed by atoms with Gasteiger partial charge in [0.25, 0.3) is 11.8 Å². The largest absolute Gasteiger partial charge is 0.380 e. The highest BCUT2D eigenvalue weighted by molar-refractivity contribution is 5.98. The minimum Gasteiger partial charge on any atom is -0.380 e. The molecule has 8 nitrogen and oxygen atoms in total. The molecule has 1 N–H and O–H groups in total. The summed E-state index contributed by atoms with van der Waals surface area (Å²) in [5.74, 6) is 1.00. The number of hydrogen-bond acceptors (Lipinski definition) is 6. The van der Waals surface area contributed by atoms with E-state index in [9.17, 15) is 9.59 Å². The van der Waals surface area contributed by atoms with Gasteiger partial charge < -0.3 is 20.0 Å². The van der Waals surface area contributed by atoms with Gasteiger partial charge in [-0.15, -0.1) is 0 Å². The zero-order valence-corrected chi connectivity index (χ0v) is 21.2. The Kier molecular flexibility index (Phi) is 8.23. The standard InChI is InChI=1S/C27H38N6O2/c1-4-12-30-13-15-32(16-14-30)26(34)22-7-9-23(10-8-22)27(35)33-19-17-31(18-20-33)25-24(29-21(2)3)6-5-11-28-25/h5-11,21,29H,4,12-20H2,1-3H3. The van der Waals surface area contributed by atoms with E-state index in [4.69, 9.17) is 0 Å². The topological polar surface area (TPSA) is 72.0 Å². The van der Waals surface area contributed by atoms with Gasteiger partial charge in [-0.2, -0.15) is 0 Å². The molecular formula is C27H38N6O2. The summed E-state index contributed by atoms with van der Waals surface area (Å²) < 4.78 is 0. The Morgan fingerprint density at radius 2 is 1.40 bits per heavy atom. The Balaban J connectivity index is 1.32. The van der Waals surface area contributed by atoms with Crippen molar-refractivity contribution in [2.24, 2.45) is 0 Å².